The van der Waals surface area contributed by atoms with Gasteiger partial charge in [-0.2, -0.15) is 0 Å². The van der Waals surface area contributed by atoms with Gasteiger partial charge >= 0.3 is 0 Å². The molecule has 0 aromatic heterocycles. The van der Waals surface area contributed by atoms with Crippen LogP contribution in [0.2, 0.25) is 0 Å². The topological polar surface area (TPSA) is 52.7 Å². The van der Waals surface area contributed by atoms with Gasteiger partial charge in [0, 0.05) is 102 Å². The third-order valence-electron chi connectivity index (χ3n) is 6.59. The second kappa shape index (κ2) is 14.7. The molecule has 3 fully saturated rings. The number of Topliss-reactive ketones (excluding diaryl/α,β-unsaturated/α-hetero) is 1. The summed E-state index contributed by atoms with van der Waals surface area (Å²) in [5, 5.41) is 3.41. The zero-order valence-electron chi connectivity index (χ0n) is 18.8. The summed E-state index contributed by atoms with van der Waals surface area (Å²) in [5.74, 6) is 1.59. The van der Waals surface area contributed by atoms with Crippen molar-refractivity contribution in [2.24, 2.45) is 17.8 Å². The van der Waals surface area contributed by atoms with Crippen LogP contribution in [0.5, 0.6) is 0 Å². The minimum Gasteiger partial charge on any atom is -0.342 e. The predicted molar refractivity (Wildman–Crippen MR) is 116 cm³/mol. The van der Waals surface area contributed by atoms with Crippen LogP contribution in [0.25, 0.3) is 0 Å². The van der Waals surface area contributed by atoms with Gasteiger partial charge in [0.05, 0.1) is 0 Å². The van der Waals surface area contributed by atoms with Crippen molar-refractivity contribution in [3.8, 4) is 0 Å². The SMILES string of the molecule is CC.CC(=O)C1CCCC(C(=O)N2CCC(CCN3CCNCC3)CC2)C1.[K]. The summed E-state index contributed by atoms with van der Waals surface area (Å²) in [6.07, 6.45) is 7.36. The fourth-order valence-electron chi connectivity index (χ4n) is 4.78. The van der Waals surface area contributed by atoms with E-state index in [1.54, 1.807) is 6.92 Å². The van der Waals surface area contributed by atoms with Crippen molar-refractivity contribution in [1.82, 2.24) is 15.1 Å². The van der Waals surface area contributed by atoms with E-state index in [1.807, 2.05) is 13.8 Å². The van der Waals surface area contributed by atoms with Crippen molar-refractivity contribution >= 4 is 63.1 Å². The molecule has 1 amide bonds. The molecule has 2 aliphatic heterocycles. The summed E-state index contributed by atoms with van der Waals surface area (Å²) < 4.78 is 0. The number of hydrogen-bond donors (Lipinski definition) is 1. The average molecular weight is 419 g/mol. The van der Waals surface area contributed by atoms with Gasteiger partial charge in [-0.25, -0.2) is 0 Å². The molecule has 0 bridgehead atoms. The van der Waals surface area contributed by atoms with Gasteiger partial charge in [-0.05, 0) is 57.9 Å². The largest absolute Gasteiger partial charge is 0.342 e. The Labute approximate surface area is 215 Å². The van der Waals surface area contributed by atoms with Crippen LogP contribution >= 0.6 is 0 Å². The van der Waals surface area contributed by atoms with Gasteiger partial charge in [-0.15, -0.1) is 0 Å². The van der Waals surface area contributed by atoms with E-state index in [2.05, 4.69) is 15.1 Å². The van der Waals surface area contributed by atoms with E-state index in [0.29, 0.717) is 5.91 Å². The van der Waals surface area contributed by atoms with E-state index >= 15 is 0 Å². The molecule has 2 unspecified atom stereocenters. The van der Waals surface area contributed by atoms with Crippen LogP contribution in [0, 0.1) is 17.8 Å². The zero-order chi connectivity index (χ0) is 19.6. The molecule has 1 aliphatic carbocycles. The monoisotopic (exact) mass is 418 g/mol. The Balaban J connectivity index is 0.00000127. The number of nitrogens with zero attached hydrogens (tertiary/aromatic N) is 2. The van der Waals surface area contributed by atoms with Crippen molar-refractivity contribution in [2.75, 3.05) is 45.8 Å². The molecular formula is C22H41KN3O2. The summed E-state index contributed by atoms with van der Waals surface area (Å²) >= 11 is 0. The minimum absolute atomic E-state index is 0. The van der Waals surface area contributed by atoms with Gasteiger partial charge in [0.25, 0.3) is 0 Å². The maximum Gasteiger partial charge on any atom is 0.225 e. The Kier molecular flexibility index (Phi) is 14.0. The summed E-state index contributed by atoms with van der Waals surface area (Å²) in [4.78, 5) is 29.1. The van der Waals surface area contributed by atoms with E-state index in [9.17, 15) is 9.59 Å². The van der Waals surface area contributed by atoms with Crippen LogP contribution in [0.15, 0.2) is 0 Å². The summed E-state index contributed by atoms with van der Waals surface area (Å²) in [5.41, 5.74) is 0. The standard InChI is InChI=1S/C20H35N3O2.C2H6.K/c1-16(24)18-3-2-4-19(15-18)20(25)23-11-6-17(7-12-23)5-10-22-13-8-21-9-14-22;1-2;/h17-19,21H,2-15H2,1H3;1-2H3;. The molecule has 2 atom stereocenters. The number of carbonyl (C=O) groups is 2. The van der Waals surface area contributed by atoms with Crippen molar-refractivity contribution in [1.29, 1.82) is 0 Å². The molecule has 2 heterocycles. The molecule has 5 nitrogen and oxygen atoms in total. The first-order valence-corrected chi connectivity index (χ1v) is 11.4. The van der Waals surface area contributed by atoms with Gasteiger partial charge in [0.1, 0.15) is 5.78 Å². The molecule has 0 aromatic carbocycles. The molecule has 0 spiro atoms. The van der Waals surface area contributed by atoms with Crippen molar-refractivity contribution in [2.45, 2.75) is 65.7 Å². The molecule has 3 rings (SSSR count). The van der Waals surface area contributed by atoms with Crippen molar-refractivity contribution in [3.63, 3.8) is 0 Å². The van der Waals surface area contributed by atoms with Gasteiger partial charge in [-0.3, -0.25) is 9.59 Å². The number of hydrogen-bond acceptors (Lipinski definition) is 4. The van der Waals surface area contributed by atoms with E-state index in [0.717, 1.165) is 70.6 Å². The Hall–Kier alpha value is 0.696. The maximum absolute atomic E-state index is 12.8. The number of piperazine rings is 1. The molecular weight excluding hydrogens is 377 g/mol. The normalized spacial score (nSPS) is 26.6. The van der Waals surface area contributed by atoms with E-state index in [4.69, 9.17) is 0 Å². The van der Waals surface area contributed by atoms with Crippen molar-refractivity contribution < 1.29 is 9.59 Å². The Morgan fingerprint density at radius 1 is 0.929 bits per heavy atom. The first kappa shape index (κ1) is 26.7. The fourth-order valence-corrected chi connectivity index (χ4v) is 4.78. The summed E-state index contributed by atoms with van der Waals surface area (Å²) in [7, 11) is 0. The van der Waals surface area contributed by atoms with Gasteiger partial charge in [0.2, 0.25) is 5.91 Å². The van der Waals surface area contributed by atoms with Crippen molar-refractivity contribution in [3.05, 3.63) is 0 Å². The van der Waals surface area contributed by atoms with Crippen LogP contribution < -0.4 is 5.32 Å². The van der Waals surface area contributed by atoms with Crippen LogP contribution in [0.1, 0.15) is 65.7 Å². The smallest absolute Gasteiger partial charge is 0.225 e. The first-order chi connectivity index (χ1) is 13.1. The maximum atomic E-state index is 12.8. The summed E-state index contributed by atoms with van der Waals surface area (Å²) in [6.45, 7) is 13.3. The number of likely N-dealkylation sites (tertiary alicyclic amines) is 1. The average Bonchev–Trinajstić information content (AvgIpc) is 2.74. The number of nitrogens with one attached hydrogen (secondary N) is 1. The zero-order valence-corrected chi connectivity index (χ0v) is 22.0. The predicted octanol–water partition coefficient (Wildman–Crippen LogP) is 2.56. The fraction of sp³-hybridized carbons (Fsp3) is 0.909. The molecule has 2 saturated heterocycles. The molecule has 1 saturated carbocycles. The number of amides is 1. The molecule has 1 N–H and O–H groups in total. The molecule has 0 aromatic rings. The second-order valence-electron chi connectivity index (χ2n) is 8.32. The number of carbonyl (C=O) groups excluding carboxylic acids is 2. The summed E-state index contributed by atoms with van der Waals surface area (Å²) in [6, 6.07) is 0. The van der Waals surface area contributed by atoms with Crippen LogP contribution in [0.3, 0.4) is 0 Å². The molecule has 157 valence electrons. The van der Waals surface area contributed by atoms with E-state index in [1.165, 1.54) is 26.1 Å². The number of ketones is 1. The van der Waals surface area contributed by atoms with E-state index < -0.39 is 0 Å². The third-order valence-corrected chi connectivity index (χ3v) is 6.59. The third kappa shape index (κ3) is 8.44. The Bertz CT molecular complexity index is 461. The van der Waals surface area contributed by atoms with E-state index in [-0.39, 0.29) is 69.0 Å². The minimum atomic E-state index is 0. The van der Waals surface area contributed by atoms with Crippen LogP contribution in [-0.4, -0.2) is 119 Å². The van der Waals surface area contributed by atoms with Gasteiger partial charge in [-0.1, -0.05) is 20.3 Å². The quantitative estimate of drug-likeness (QED) is 0.697. The number of rotatable bonds is 5. The Morgan fingerprint density at radius 2 is 1.54 bits per heavy atom. The Morgan fingerprint density at radius 3 is 2.14 bits per heavy atom. The molecule has 6 heteroatoms. The first-order valence-electron chi connectivity index (χ1n) is 11.4. The molecule has 28 heavy (non-hydrogen) atoms. The van der Waals surface area contributed by atoms with Crippen LogP contribution in [0.4, 0.5) is 0 Å². The molecule has 1 radical (unpaired) electrons. The number of piperidine rings is 1. The van der Waals surface area contributed by atoms with Gasteiger partial charge in [0.15, 0.2) is 0 Å². The van der Waals surface area contributed by atoms with Gasteiger partial charge < -0.3 is 15.1 Å². The second-order valence-corrected chi connectivity index (χ2v) is 8.32. The van der Waals surface area contributed by atoms with Crippen LogP contribution in [-0.2, 0) is 9.59 Å². The molecule has 3 aliphatic rings.